The molecular weight excluding hydrogens is 452 g/mol. The van der Waals surface area contributed by atoms with E-state index in [1.807, 2.05) is 53.4 Å². The van der Waals surface area contributed by atoms with Crippen molar-refractivity contribution in [1.29, 1.82) is 0 Å². The first-order valence-electron chi connectivity index (χ1n) is 12.5. The van der Waals surface area contributed by atoms with Gasteiger partial charge in [0.05, 0.1) is 5.69 Å². The third kappa shape index (κ3) is 4.54. The number of fused-ring (bicyclic) bond motifs is 1. The molecule has 0 bridgehead atoms. The molecule has 1 saturated heterocycles. The molecule has 1 fully saturated rings. The first kappa shape index (κ1) is 22.6. The second-order valence-corrected chi connectivity index (χ2v) is 9.59. The molecule has 3 aromatic carbocycles. The number of piperazine rings is 1. The van der Waals surface area contributed by atoms with Crippen LogP contribution in [0.5, 0.6) is 11.5 Å². The Labute approximate surface area is 211 Å². The van der Waals surface area contributed by atoms with Crippen molar-refractivity contribution in [3.63, 3.8) is 0 Å². The van der Waals surface area contributed by atoms with Crippen molar-refractivity contribution in [3.05, 3.63) is 89.5 Å². The van der Waals surface area contributed by atoms with Gasteiger partial charge in [0, 0.05) is 39.1 Å². The van der Waals surface area contributed by atoms with Crippen molar-refractivity contribution in [2.45, 2.75) is 25.9 Å². The van der Waals surface area contributed by atoms with Gasteiger partial charge in [0.1, 0.15) is 6.04 Å². The Hall–Kier alpha value is -3.84. The lowest BCUT2D eigenvalue weighted by atomic mass is 10.1. The summed E-state index contributed by atoms with van der Waals surface area (Å²) in [4.78, 5) is 25.1. The zero-order chi connectivity index (χ0) is 24.5. The number of benzene rings is 3. The number of hydrogen-bond acceptors (Lipinski definition) is 6. The third-order valence-corrected chi connectivity index (χ3v) is 7.04. The number of nitrogens with zero attached hydrogens (tertiary/aromatic N) is 4. The normalized spacial score (nSPS) is 19.6. The van der Waals surface area contributed by atoms with Crippen LogP contribution >= 0.6 is 0 Å². The average Bonchev–Trinajstić information content (AvgIpc) is 3.50. The summed E-state index contributed by atoms with van der Waals surface area (Å²) in [5.74, 6) is 2.45. The molecule has 184 valence electrons. The van der Waals surface area contributed by atoms with Gasteiger partial charge >= 0.3 is 0 Å². The smallest absolute Gasteiger partial charge is 0.259 e. The van der Waals surface area contributed by atoms with Gasteiger partial charge in [0.2, 0.25) is 12.8 Å². The number of ether oxygens (including phenoxy) is 2. The fourth-order valence-corrected chi connectivity index (χ4v) is 5.03. The number of rotatable bonds is 5. The molecular formula is C29H30N4O3. The van der Waals surface area contributed by atoms with Gasteiger partial charge in [-0.25, -0.2) is 9.89 Å². The van der Waals surface area contributed by atoms with Gasteiger partial charge in [-0.2, -0.15) is 0 Å². The standard InChI is InChI=1S/C29H30N4O3/c1-21-7-10-24(11-8-21)33-28(34)25(17-22-5-3-2-4-6-22)30-29(33)32-15-13-31(14-16-32)19-23-9-12-26-27(18-23)36-20-35-26/h2-12,18,25H,13-17,19-20H2,1H3. The molecule has 3 aliphatic rings. The van der Waals surface area contributed by atoms with Crippen molar-refractivity contribution in [3.8, 4) is 11.5 Å². The van der Waals surface area contributed by atoms with Gasteiger partial charge in [-0.05, 0) is 42.3 Å². The Balaban J connectivity index is 1.18. The SMILES string of the molecule is Cc1ccc(N2C(=O)C(Cc3ccccc3)N=C2N2CCN(Cc3ccc4c(c3)OCO4)CC2)cc1. The fraction of sp³-hybridized carbons (Fsp3) is 0.310. The Kier molecular flexibility index (Phi) is 6.07. The Morgan fingerprint density at radius 3 is 2.39 bits per heavy atom. The van der Waals surface area contributed by atoms with E-state index >= 15 is 0 Å². The lowest BCUT2D eigenvalue weighted by molar-refractivity contribution is -0.118. The summed E-state index contributed by atoms with van der Waals surface area (Å²) in [6.07, 6.45) is 0.607. The van der Waals surface area contributed by atoms with Crippen molar-refractivity contribution < 1.29 is 14.3 Å². The summed E-state index contributed by atoms with van der Waals surface area (Å²) in [5, 5.41) is 0. The molecule has 0 N–H and O–H groups in total. The van der Waals surface area contributed by atoms with Gasteiger partial charge in [0.25, 0.3) is 5.91 Å². The lowest BCUT2D eigenvalue weighted by Crippen LogP contribution is -2.53. The highest BCUT2D eigenvalue weighted by molar-refractivity contribution is 6.22. The van der Waals surface area contributed by atoms with Crippen LogP contribution in [0.4, 0.5) is 5.69 Å². The maximum Gasteiger partial charge on any atom is 0.259 e. The first-order chi connectivity index (χ1) is 17.6. The number of guanidine groups is 1. The average molecular weight is 483 g/mol. The molecule has 1 atom stereocenters. The minimum absolute atomic E-state index is 0.0421. The highest BCUT2D eigenvalue weighted by atomic mass is 16.7. The van der Waals surface area contributed by atoms with Crippen molar-refractivity contribution in [1.82, 2.24) is 9.80 Å². The molecule has 1 unspecified atom stereocenters. The van der Waals surface area contributed by atoms with Crippen LogP contribution in [0.1, 0.15) is 16.7 Å². The Morgan fingerprint density at radius 1 is 0.861 bits per heavy atom. The molecule has 7 nitrogen and oxygen atoms in total. The van der Waals surface area contributed by atoms with Crippen LogP contribution < -0.4 is 14.4 Å². The summed E-state index contributed by atoms with van der Waals surface area (Å²) < 4.78 is 11.0. The number of anilines is 1. The van der Waals surface area contributed by atoms with Crippen LogP contribution in [-0.4, -0.2) is 60.7 Å². The van der Waals surface area contributed by atoms with Gasteiger partial charge in [-0.1, -0.05) is 54.1 Å². The van der Waals surface area contributed by atoms with Crippen LogP contribution in [0.15, 0.2) is 77.8 Å². The molecule has 0 radical (unpaired) electrons. The molecule has 3 aliphatic heterocycles. The maximum absolute atomic E-state index is 13.6. The van der Waals surface area contributed by atoms with Crippen LogP contribution in [0.25, 0.3) is 0 Å². The van der Waals surface area contributed by atoms with E-state index in [1.165, 1.54) is 11.1 Å². The molecule has 36 heavy (non-hydrogen) atoms. The third-order valence-electron chi connectivity index (χ3n) is 7.04. The molecule has 6 rings (SSSR count). The van der Waals surface area contributed by atoms with Crippen molar-refractivity contribution >= 4 is 17.6 Å². The minimum atomic E-state index is -0.407. The summed E-state index contributed by atoms with van der Waals surface area (Å²) >= 11 is 0. The Bertz CT molecular complexity index is 1270. The summed E-state index contributed by atoms with van der Waals surface area (Å²) in [6, 6.07) is 24.0. The highest BCUT2D eigenvalue weighted by Crippen LogP contribution is 2.33. The molecule has 3 heterocycles. The zero-order valence-corrected chi connectivity index (χ0v) is 20.5. The quantitative estimate of drug-likeness (QED) is 0.553. The number of carbonyl (C=O) groups excluding carboxylic acids is 1. The van der Waals surface area contributed by atoms with E-state index in [4.69, 9.17) is 14.5 Å². The largest absolute Gasteiger partial charge is 0.454 e. The van der Waals surface area contributed by atoms with E-state index in [1.54, 1.807) is 0 Å². The monoisotopic (exact) mass is 482 g/mol. The second-order valence-electron chi connectivity index (χ2n) is 9.59. The van der Waals surface area contributed by atoms with Gasteiger partial charge in [-0.15, -0.1) is 0 Å². The van der Waals surface area contributed by atoms with Crippen LogP contribution in [0.2, 0.25) is 0 Å². The number of hydrogen-bond donors (Lipinski definition) is 0. The van der Waals surface area contributed by atoms with E-state index in [0.29, 0.717) is 13.2 Å². The topological polar surface area (TPSA) is 57.6 Å². The molecule has 0 spiro atoms. The minimum Gasteiger partial charge on any atom is -0.454 e. The predicted molar refractivity (Wildman–Crippen MR) is 139 cm³/mol. The number of carbonyl (C=O) groups is 1. The molecule has 0 aromatic heterocycles. The molecule has 3 aromatic rings. The van der Waals surface area contributed by atoms with Crippen molar-refractivity contribution in [2.75, 3.05) is 37.9 Å². The van der Waals surface area contributed by atoms with Crippen LogP contribution in [-0.2, 0) is 17.8 Å². The van der Waals surface area contributed by atoms with E-state index in [-0.39, 0.29) is 5.91 Å². The lowest BCUT2D eigenvalue weighted by Gasteiger charge is -2.37. The predicted octanol–water partition coefficient (Wildman–Crippen LogP) is 3.86. The summed E-state index contributed by atoms with van der Waals surface area (Å²) in [7, 11) is 0. The number of aryl methyl sites for hydroxylation is 1. The number of aliphatic imine (C=N–C) groups is 1. The molecule has 1 amide bonds. The van der Waals surface area contributed by atoms with Gasteiger partial charge in [-0.3, -0.25) is 9.69 Å². The van der Waals surface area contributed by atoms with E-state index < -0.39 is 6.04 Å². The van der Waals surface area contributed by atoms with Gasteiger partial charge in [0.15, 0.2) is 11.5 Å². The Morgan fingerprint density at radius 2 is 1.61 bits per heavy atom. The van der Waals surface area contributed by atoms with Crippen molar-refractivity contribution in [2.24, 2.45) is 4.99 Å². The van der Waals surface area contributed by atoms with E-state index in [2.05, 4.69) is 41.0 Å². The number of amides is 1. The van der Waals surface area contributed by atoms with E-state index in [9.17, 15) is 4.79 Å². The molecule has 0 aliphatic carbocycles. The highest BCUT2D eigenvalue weighted by Gasteiger charge is 2.39. The van der Waals surface area contributed by atoms with Crippen LogP contribution in [0, 0.1) is 6.92 Å². The van der Waals surface area contributed by atoms with Gasteiger partial charge < -0.3 is 14.4 Å². The maximum atomic E-state index is 13.6. The first-order valence-corrected chi connectivity index (χ1v) is 12.5. The molecule has 0 saturated carbocycles. The zero-order valence-electron chi connectivity index (χ0n) is 20.5. The fourth-order valence-electron chi connectivity index (χ4n) is 5.03. The van der Waals surface area contributed by atoms with E-state index in [0.717, 1.165) is 61.4 Å². The summed E-state index contributed by atoms with van der Waals surface area (Å²) in [5.41, 5.74) is 4.38. The summed E-state index contributed by atoms with van der Waals surface area (Å²) in [6.45, 7) is 6.63. The second kappa shape index (κ2) is 9.66. The molecule has 7 heteroatoms. The van der Waals surface area contributed by atoms with Crippen LogP contribution in [0.3, 0.4) is 0 Å².